The third-order valence-electron chi connectivity index (χ3n) is 2.32. The molecular weight excluding hydrogens is 646 g/mol. The molecule has 0 saturated heterocycles. The van der Waals surface area contributed by atoms with E-state index in [2.05, 4.69) is 42.6 Å². The maximum Gasteiger partial charge on any atom is 0.133 e. The molecule has 0 spiro atoms. The largest absolute Gasteiger partial charge is 0.624 e. The van der Waals surface area contributed by atoms with Gasteiger partial charge in [-0.15, -0.1) is 6.20 Å². The molecular formula is C10H4I2N5ORe-. The molecule has 19 heavy (non-hydrogen) atoms. The topological polar surface area (TPSA) is 74.8 Å². The summed E-state index contributed by atoms with van der Waals surface area (Å²) in [5.74, 6) is 0.524. The molecule has 3 aromatic rings. The van der Waals surface area contributed by atoms with Gasteiger partial charge in [0, 0.05) is 32.0 Å². The standard InChI is InChI=1S/C10H5I2N5O.Re/c11-7-1-6-5(2-13-7)3-15-17(6)8-4-14-10(18)9(12)16-8;/h1-4H,(H,14,18);/p-1. The summed E-state index contributed by atoms with van der Waals surface area (Å²) in [4.78, 5) is 23.4. The molecule has 0 bridgehead atoms. The molecule has 0 fully saturated rings. The van der Waals surface area contributed by atoms with E-state index in [0.717, 1.165) is 14.6 Å². The molecule has 6 nitrogen and oxygen atoms in total. The number of halogens is 2. The number of nitrogens with zero attached hydrogens (tertiary/aromatic N) is 5. The normalized spacial score (nSPS) is 10.4. The quantitative estimate of drug-likeness (QED) is 0.294. The number of pyridine rings is 1. The van der Waals surface area contributed by atoms with Gasteiger partial charge in [-0.3, -0.25) is 0 Å². The van der Waals surface area contributed by atoms with Gasteiger partial charge in [-0.05, 0) is 51.2 Å². The van der Waals surface area contributed by atoms with Crippen molar-refractivity contribution >= 4 is 56.1 Å². The van der Waals surface area contributed by atoms with Crippen molar-refractivity contribution < 1.29 is 20.4 Å². The SMILES string of the molecule is O=c1[n-]cc(-n2ncc3cnc(I)cc32)nc1I.[Re]. The second-order valence-electron chi connectivity index (χ2n) is 3.45. The first kappa shape index (κ1) is 15.0. The van der Waals surface area contributed by atoms with E-state index in [-0.39, 0.29) is 26.0 Å². The Morgan fingerprint density at radius 2 is 2.05 bits per heavy atom. The van der Waals surface area contributed by atoms with E-state index in [1.165, 1.54) is 6.20 Å². The predicted octanol–water partition coefficient (Wildman–Crippen LogP) is 1.34. The Kier molecular flexibility index (Phi) is 4.70. The number of fused-ring (bicyclic) bond motifs is 1. The Morgan fingerprint density at radius 3 is 2.79 bits per heavy atom. The van der Waals surface area contributed by atoms with Crippen molar-refractivity contribution in [3.63, 3.8) is 0 Å². The Morgan fingerprint density at radius 1 is 1.26 bits per heavy atom. The Labute approximate surface area is 148 Å². The van der Waals surface area contributed by atoms with Gasteiger partial charge in [-0.1, -0.05) is 0 Å². The van der Waals surface area contributed by atoms with Crippen molar-refractivity contribution in [1.82, 2.24) is 24.7 Å². The van der Waals surface area contributed by atoms with Crippen molar-refractivity contribution in [3.8, 4) is 5.82 Å². The van der Waals surface area contributed by atoms with Crippen molar-refractivity contribution in [1.29, 1.82) is 0 Å². The Bertz CT molecular complexity index is 800. The molecule has 0 aliphatic carbocycles. The third-order valence-corrected chi connectivity index (χ3v) is 3.62. The molecule has 0 aliphatic heterocycles. The second-order valence-corrected chi connectivity index (χ2v) is 5.57. The summed E-state index contributed by atoms with van der Waals surface area (Å²) < 4.78 is 2.84. The van der Waals surface area contributed by atoms with Crippen LogP contribution in [0.2, 0.25) is 0 Å². The van der Waals surface area contributed by atoms with Gasteiger partial charge in [0.25, 0.3) is 0 Å². The van der Waals surface area contributed by atoms with E-state index >= 15 is 0 Å². The van der Waals surface area contributed by atoms with Crippen LogP contribution in [0.3, 0.4) is 0 Å². The van der Waals surface area contributed by atoms with Gasteiger partial charge in [-0.2, -0.15) is 5.10 Å². The van der Waals surface area contributed by atoms with E-state index in [1.807, 2.05) is 28.7 Å². The minimum atomic E-state index is -0.327. The molecule has 0 saturated carbocycles. The fourth-order valence-electron chi connectivity index (χ4n) is 1.53. The van der Waals surface area contributed by atoms with E-state index in [4.69, 9.17) is 0 Å². The molecule has 0 N–H and O–H groups in total. The van der Waals surface area contributed by atoms with Crippen LogP contribution in [0.5, 0.6) is 0 Å². The van der Waals surface area contributed by atoms with E-state index < -0.39 is 0 Å². The van der Waals surface area contributed by atoms with Gasteiger partial charge < -0.3 is 9.78 Å². The Hall–Kier alpha value is -0.378. The predicted molar refractivity (Wildman–Crippen MR) is 81.7 cm³/mol. The van der Waals surface area contributed by atoms with Gasteiger partial charge in [0.1, 0.15) is 18.8 Å². The summed E-state index contributed by atoms with van der Waals surface area (Å²) in [5.41, 5.74) is 0.560. The maximum absolute atomic E-state index is 11.2. The minimum absolute atomic E-state index is 0. The molecule has 0 unspecified atom stereocenters. The summed E-state index contributed by atoms with van der Waals surface area (Å²) in [5, 5.41) is 5.16. The molecule has 9 heteroatoms. The molecule has 3 rings (SSSR count). The molecule has 0 atom stereocenters. The average Bonchev–Trinajstić information content (AvgIpc) is 2.75. The smallest absolute Gasteiger partial charge is 0.133 e. The first-order chi connectivity index (χ1) is 8.65. The van der Waals surface area contributed by atoms with Crippen LogP contribution in [-0.2, 0) is 20.4 Å². The summed E-state index contributed by atoms with van der Waals surface area (Å²) >= 11 is 4.00. The van der Waals surface area contributed by atoms with Crippen molar-refractivity contribution in [2.24, 2.45) is 0 Å². The summed E-state index contributed by atoms with van der Waals surface area (Å²) in [6.45, 7) is 0. The Balaban J connectivity index is 0.00000133. The van der Waals surface area contributed by atoms with Gasteiger partial charge in [0.05, 0.1) is 11.7 Å². The number of hydrogen-bond donors (Lipinski definition) is 0. The zero-order valence-electron chi connectivity index (χ0n) is 9.09. The minimum Gasteiger partial charge on any atom is -0.624 e. The number of hydrogen-bond acceptors (Lipinski definition) is 4. The first-order valence-corrected chi connectivity index (χ1v) is 7.00. The van der Waals surface area contributed by atoms with Crippen LogP contribution >= 0.6 is 45.2 Å². The first-order valence-electron chi connectivity index (χ1n) is 4.84. The average molecular weight is 650 g/mol. The van der Waals surface area contributed by atoms with Gasteiger partial charge >= 0.3 is 0 Å². The number of rotatable bonds is 1. The summed E-state index contributed by atoms with van der Waals surface area (Å²) in [6.07, 6.45) is 4.88. The zero-order valence-corrected chi connectivity index (χ0v) is 16.1. The monoisotopic (exact) mass is 651 g/mol. The van der Waals surface area contributed by atoms with Crippen LogP contribution in [-0.4, -0.2) is 19.7 Å². The van der Waals surface area contributed by atoms with Crippen molar-refractivity contribution in [3.05, 3.63) is 42.4 Å². The molecule has 97 valence electrons. The zero-order chi connectivity index (χ0) is 12.7. The van der Waals surface area contributed by atoms with Crippen LogP contribution in [0, 0.1) is 7.40 Å². The van der Waals surface area contributed by atoms with Crippen LogP contribution in [0.1, 0.15) is 0 Å². The summed E-state index contributed by atoms with van der Waals surface area (Å²) in [6, 6.07) is 1.91. The van der Waals surface area contributed by atoms with Crippen LogP contribution in [0.25, 0.3) is 16.7 Å². The number of aromatic nitrogens is 5. The van der Waals surface area contributed by atoms with Crippen LogP contribution in [0.4, 0.5) is 0 Å². The molecule has 3 aromatic heterocycles. The van der Waals surface area contributed by atoms with Gasteiger partial charge in [-0.25, -0.2) is 14.6 Å². The molecule has 0 aromatic carbocycles. The molecule has 0 aliphatic rings. The van der Waals surface area contributed by atoms with E-state index in [9.17, 15) is 4.79 Å². The van der Waals surface area contributed by atoms with Crippen molar-refractivity contribution in [2.75, 3.05) is 0 Å². The van der Waals surface area contributed by atoms with E-state index in [1.54, 1.807) is 17.1 Å². The third kappa shape index (κ3) is 2.88. The van der Waals surface area contributed by atoms with Crippen LogP contribution < -0.4 is 10.5 Å². The fraction of sp³-hybridized carbons (Fsp3) is 0. The van der Waals surface area contributed by atoms with Gasteiger partial charge in [0.15, 0.2) is 0 Å². The second kappa shape index (κ2) is 5.94. The van der Waals surface area contributed by atoms with Gasteiger partial charge in [0.2, 0.25) is 0 Å². The molecule has 1 radical (unpaired) electrons. The fourth-order valence-corrected chi connectivity index (χ4v) is 2.35. The molecule has 0 amide bonds. The van der Waals surface area contributed by atoms with Crippen molar-refractivity contribution in [2.45, 2.75) is 0 Å². The summed E-state index contributed by atoms with van der Waals surface area (Å²) in [7, 11) is 0. The maximum atomic E-state index is 11.2. The van der Waals surface area contributed by atoms with E-state index in [0.29, 0.717) is 9.52 Å². The molecule has 3 heterocycles. The van der Waals surface area contributed by atoms with Crippen LogP contribution in [0.15, 0.2) is 29.5 Å².